The zero-order chi connectivity index (χ0) is 21.0. The number of nitrogens with zero attached hydrogens (tertiary/aromatic N) is 3. The van der Waals surface area contributed by atoms with Gasteiger partial charge in [0, 0.05) is 31.9 Å². The van der Waals surface area contributed by atoms with Crippen LogP contribution in [-0.2, 0) is 4.74 Å². The number of hydrogen-bond donors (Lipinski definition) is 2. The Hall–Kier alpha value is -2.80. The molecule has 2 N–H and O–H groups in total. The van der Waals surface area contributed by atoms with Crippen LogP contribution in [0.1, 0.15) is 26.6 Å². The molecule has 0 saturated carbocycles. The van der Waals surface area contributed by atoms with Crippen LogP contribution in [0.25, 0.3) is 17.3 Å². The Labute approximate surface area is 175 Å². The second kappa shape index (κ2) is 8.69. The number of aromatic nitrogens is 2. The highest BCUT2D eigenvalue weighted by molar-refractivity contribution is 6.67. The lowest BCUT2D eigenvalue weighted by Crippen LogP contribution is -2.50. The fourth-order valence-electron chi connectivity index (χ4n) is 3.05. The number of H-pyrrole nitrogens is 1. The molecule has 1 fully saturated rings. The third-order valence-electron chi connectivity index (χ3n) is 4.46. The summed E-state index contributed by atoms with van der Waals surface area (Å²) in [4.78, 5) is 23.7. The molecule has 29 heavy (non-hydrogen) atoms. The third kappa shape index (κ3) is 5.84. The van der Waals surface area contributed by atoms with E-state index < -0.39 is 5.60 Å². The number of nitrogens with one attached hydrogen (secondary N) is 2. The first-order valence-electron chi connectivity index (χ1n) is 9.52. The van der Waals surface area contributed by atoms with Gasteiger partial charge in [-0.3, -0.25) is 5.41 Å². The molecule has 154 valence electrons. The molecule has 3 rings (SSSR count). The van der Waals surface area contributed by atoms with Crippen LogP contribution >= 0.6 is 11.6 Å². The number of rotatable bonds is 4. The van der Waals surface area contributed by atoms with Crippen molar-refractivity contribution in [1.82, 2.24) is 14.9 Å². The summed E-state index contributed by atoms with van der Waals surface area (Å²) in [6.07, 6.45) is 4.65. The first-order chi connectivity index (χ1) is 13.7. The van der Waals surface area contributed by atoms with Gasteiger partial charge in [-0.2, -0.15) is 0 Å². The van der Waals surface area contributed by atoms with Gasteiger partial charge in [-0.25, -0.2) is 9.78 Å². The first kappa shape index (κ1) is 20.9. The van der Waals surface area contributed by atoms with Gasteiger partial charge in [-0.1, -0.05) is 23.7 Å². The number of ether oxygens (including phenoxy) is 1. The van der Waals surface area contributed by atoms with E-state index in [1.807, 2.05) is 32.9 Å². The second-order valence-electron chi connectivity index (χ2n) is 7.86. The zero-order valence-corrected chi connectivity index (χ0v) is 17.7. The van der Waals surface area contributed by atoms with Gasteiger partial charge in [0.2, 0.25) is 0 Å². The van der Waals surface area contributed by atoms with Crippen LogP contribution in [0.2, 0.25) is 0 Å². The lowest BCUT2D eigenvalue weighted by molar-refractivity contribution is 0.0240. The SMILES string of the molecule is CC(C)(C)OC(=O)N1CCN(c2ccc(-c3cnc(/C=C\C(=N)Cl)[nH]3)cc2)CC1. The smallest absolute Gasteiger partial charge is 0.410 e. The fraction of sp³-hybridized carbons (Fsp3) is 0.381. The van der Waals surface area contributed by atoms with Gasteiger partial charge >= 0.3 is 6.09 Å². The number of hydrogen-bond acceptors (Lipinski definition) is 5. The molecule has 0 spiro atoms. The topological polar surface area (TPSA) is 85.3 Å². The van der Waals surface area contributed by atoms with Crippen molar-refractivity contribution in [1.29, 1.82) is 5.41 Å². The number of halogens is 1. The van der Waals surface area contributed by atoms with Gasteiger partial charge in [0.05, 0.1) is 11.9 Å². The van der Waals surface area contributed by atoms with Crippen LogP contribution in [0.15, 0.2) is 36.5 Å². The van der Waals surface area contributed by atoms with Crippen molar-refractivity contribution in [2.45, 2.75) is 26.4 Å². The van der Waals surface area contributed by atoms with Crippen LogP contribution in [0.4, 0.5) is 10.5 Å². The van der Waals surface area contributed by atoms with Crippen LogP contribution in [0.3, 0.4) is 0 Å². The van der Waals surface area contributed by atoms with Crippen molar-refractivity contribution >= 4 is 34.6 Å². The summed E-state index contributed by atoms with van der Waals surface area (Å²) in [7, 11) is 0. The summed E-state index contributed by atoms with van der Waals surface area (Å²) in [5.74, 6) is 0.646. The minimum Gasteiger partial charge on any atom is -0.444 e. The van der Waals surface area contributed by atoms with E-state index in [-0.39, 0.29) is 11.3 Å². The van der Waals surface area contributed by atoms with Crippen molar-refractivity contribution < 1.29 is 9.53 Å². The third-order valence-corrected chi connectivity index (χ3v) is 4.58. The van der Waals surface area contributed by atoms with Gasteiger partial charge in [0.15, 0.2) is 0 Å². The number of aromatic amines is 1. The van der Waals surface area contributed by atoms with E-state index in [1.165, 1.54) is 6.08 Å². The Morgan fingerprint density at radius 1 is 1.21 bits per heavy atom. The number of amides is 1. The Kier molecular flexibility index (Phi) is 6.27. The first-order valence-corrected chi connectivity index (χ1v) is 9.89. The van der Waals surface area contributed by atoms with Crippen molar-refractivity contribution in [2.75, 3.05) is 31.1 Å². The number of carbonyl (C=O) groups is 1. The number of benzene rings is 1. The molecule has 0 unspecified atom stereocenters. The molecule has 1 amide bonds. The number of anilines is 1. The van der Waals surface area contributed by atoms with E-state index in [4.69, 9.17) is 21.7 Å². The van der Waals surface area contributed by atoms with Crippen LogP contribution < -0.4 is 4.90 Å². The van der Waals surface area contributed by atoms with Gasteiger partial charge in [0.25, 0.3) is 0 Å². The summed E-state index contributed by atoms with van der Waals surface area (Å²) in [5.41, 5.74) is 2.56. The quantitative estimate of drug-likeness (QED) is 0.726. The maximum atomic E-state index is 12.2. The van der Waals surface area contributed by atoms with Gasteiger partial charge in [-0.15, -0.1) is 0 Å². The maximum Gasteiger partial charge on any atom is 0.410 e. The van der Waals surface area contributed by atoms with E-state index in [1.54, 1.807) is 17.2 Å². The predicted octanol–water partition coefficient (Wildman–Crippen LogP) is 4.36. The molecule has 1 aromatic heterocycles. The van der Waals surface area contributed by atoms with E-state index in [9.17, 15) is 4.79 Å². The van der Waals surface area contributed by atoms with Crippen molar-refractivity contribution in [3.8, 4) is 11.3 Å². The Morgan fingerprint density at radius 3 is 2.45 bits per heavy atom. The van der Waals surface area contributed by atoms with Gasteiger partial charge in [-0.05, 0) is 50.6 Å². The summed E-state index contributed by atoms with van der Waals surface area (Å²) in [6, 6.07) is 8.23. The molecular formula is C21H26ClN5O2. The lowest BCUT2D eigenvalue weighted by Gasteiger charge is -2.36. The normalized spacial score (nSPS) is 15.0. The Morgan fingerprint density at radius 2 is 1.86 bits per heavy atom. The highest BCUT2D eigenvalue weighted by Crippen LogP contribution is 2.23. The zero-order valence-electron chi connectivity index (χ0n) is 16.9. The van der Waals surface area contributed by atoms with Crippen LogP contribution in [-0.4, -0.2) is 57.9 Å². The maximum absolute atomic E-state index is 12.2. The standard InChI is InChI=1S/C21H26ClN5O2/c1-21(2,3)29-20(28)27-12-10-26(11-13-27)16-6-4-15(5-7-16)17-14-24-19(25-17)9-8-18(22)23/h4-9,14,23H,10-13H2,1-3H3,(H,24,25)/b9-8-,23-18?. The van der Waals surface area contributed by atoms with E-state index >= 15 is 0 Å². The van der Waals surface area contributed by atoms with Crippen LogP contribution in [0.5, 0.6) is 0 Å². The molecule has 2 aromatic rings. The molecule has 1 aliphatic rings. The highest BCUT2D eigenvalue weighted by Gasteiger charge is 2.25. The molecular weight excluding hydrogens is 390 g/mol. The average Bonchev–Trinajstić information content (AvgIpc) is 3.14. The predicted molar refractivity (Wildman–Crippen MR) is 117 cm³/mol. The van der Waals surface area contributed by atoms with E-state index in [0.29, 0.717) is 18.9 Å². The molecule has 7 nitrogen and oxygen atoms in total. The van der Waals surface area contributed by atoms with E-state index in [2.05, 4.69) is 27.0 Å². The molecule has 1 saturated heterocycles. The minimum absolute atomic E-state index is 0.0425. The van der Waals surface area contributed by atoms with Crippen molar-refractivity contribution in [3.63, 3.8) is 0 Å². The van der Waals surface area contributed by atoms with Gasteiger partial charge in [0.1, 0.15) is 16.6 Å². The number of imidazole rings is 1. The molecule has 0 atom stereocenters. The summed E-state index contributed by atoms with van der Waals surface area (Å²) < 4.78 is 5.45. The van der Waals surface area contributed by atoms with E-state index in [0.717, 1.165) is 30.0 Å². The minimum atomic E-state index is -0.474. The molecule has 1 aromatic carbocycles. The van der Waals surface area contributed by atoms with Gasteiger partial charge < -0.3 is 19.5 Å². The largest absolute Gasteiger partial charge is 0.444 e. The monoisotopic (exact) mass is 415 g/mol. The number of carbonyl (C=O) groups excluding carboxylic acids is 1. The molecule has 1 aliphatic heterocycles. The summed E-state index contributed by atoms with van der Waals surface area (Å²) in [6.45, 7) is 8.45. The van der Waals surface area contributed by atoms with Crippen LogP contribution in [0, 0.1) is 5.41 Å². The average molecular weight is 416 g/mol. The van der Waals surface area contributed by atoms with Crippen molar-refractivity contribution in [2.24, 2.45) is 0 Å². The summed E-state index contributed by atoms with van der Waals surface area (Å²) >= 11 is 5.52. The Bertz CT molecular complexity index is 891. The van der Waals surface area contributed by atoms with Crippen molar-refractivity contribution in [3.05, 3.63) is 42.4 Å². The molecule has 0 bridgehead atoms. The second-order valence-corrected chi connectivity index (χ2v) is 8.27. The molecule has 8 heteroatoms. The Balaban J connectivity index is 1.59. The molecule has 2 heterocycles. The molecule has 0 aliphatic carbocycles. The number of allylic oxidation sites excluding steroid dienone is 1. The molecule has 0 radical (unpaired) electrons. The summed E-state index contributed by atoms with van der Waals surface area (Å²) in [5, 5.41) is 7.17. The highest BCUT2D eigenvalue weighted by atomic mass is 35.5. The fourth-order valence-corrected chi connectivity index (χ4v) is 3.11. The number of piperazine rings is 1. The lowest BCUT2D eigenvalue weighted by atomic mass is 10.1.